The molecule has 0 aromatic heterocycles. The molecular weight excluding hydrogens is 667 g/mol. The van der Waals surface area contributed by atoms with Gasteiger partial charge in [-0.15, -0.1) is 0 Å². The summed E-state index contributed by atoms with van der Waals surface area (Å²) in [5, 5.41) is 17.7. The van der Waals surface area contributed by atoms with Crippen LogP contribution in [-0.2, 0) is 5.41 Å². The molecule has 0 amide bonds. The number of hydrogen-bond donors (Lipinski definition) is 2. The molecule has 9 aromatic carbocycles. The lowest BCUT2D eigenvalue weighted by atomic mass is 9.80. The standard InChI is InChI=1S/C52H39N3/c1-52(2)45-31-42(25-26-44(45)48-46(52)30-38-17-9-10-18-43(38)47(48)39-22-19-32-11-3-6-14-35(32)27-39)51-54-49(40-23-20-33-12-4-7-15-36(33)28-40)53-50(55-51)41-24-21-34-13-5-8-16-37(34)29-41/h3-31,49,51,54H,1-2H3,(H,53,55). The van der Waals surface area contributed by atoms with E-state index in [9.17, 15) is 0 Å². The van der Waals surface area contributed by atoms with Crippen molar-refractivity contribution >= 4 is 48.9 Å². The van der Waals surface area contributed by atoms with Crippen molar-refractivity contribution in [3.05, 3.63) is 204 Å². The molecule has 55 heavy (non-hydrogen) atoms. The Balaban J connectivity index is 1.07. The van der Waals surface area contributed by atoms with Crippen LogP contribution in [0.25, 0.3) is 65.3 Å². The van der Waals surface area contributed by atoms with Gasteiger partial charge in [0.2, 0.25) is 0 Å². The van der Waals surface area contributed by atoms with Gasteiger partial charge in [0.05, 0.1) is 0 Å². The molecule has 0 bridgehead atoms. The number of benzene rings is 9. The SMILES string of the molecule is CC1(C)c2cc(C3N=C(c4ccc5ccccc5c4)NC(c4ccc5ccccc5c4)N3)ccc2-c2c1cc1ccccc1c2-c1ccc2ccccc2c1. The first-order chi connectivity index (χ1) is 27.0. The smallest absolute Gasteiger partial charge is 0.131 e. The first-order valence-corrected chi connectivity index (χ1v) is 19.3. The van der Waals surface area contributed by atoms with Gasteiger partial charge in [-0.3, -0.25) is 5.32 Å². The third kappa shape index (κ3) is 5.19. The molecule has 1 aliphatic carbocycles. The predicted octanol–water partition coefficient (Wildman–Crippen LogP) is 12.6. The fourth-order valence-corrected chi connectivity index (χ4v) is 9.15. The summed E-state index contributed by atoms with van der Waals surface area (Å²) in [6, 6.07) is 64.5. The Kier molecular flexibility index (Phi) is 7.11. The largest absolute Gasteiger partial charge is 0.350 e. The molecule has 2 unspecified atom stereocenters. The van der Waals surface area contributed by atoms with Gasteiger partial charge in [0.1, 0.15) is 18.2 Å². The van der Waals surface area contributed by atoms with E-state index in [-0.39, 0.29) is 17.7 Å². The Bertz CT molecular complexity index is 3040. The van der Waals surface area contributed by atoms with E-state index < -0.39 is 0 Å². The number of hydrogen-bond acceptors (Lipinski definition) is 3. The van der Waals surface area contributed by atoms with Gasteiger partial charge in [0, 0.05) is 11.0 Å². The zero-order valence-electron chi connectivity index (χ0n) is 30.8. The highest BCUT2D eigenvalue weighted by Gasteiger charge is 2.39. The Hall–Kier alpha value is -6.55. The molecule has 3 nitrogen and oxygen atoms in total. The van der Waals surface area contributed by atoms with Gasteiger partial charge in [-0.2, -0.15) is 0 Å². The first kappa shape index (κ1) is 31.9. The fourth-order valence-electron chi connectivity index (χ4n) is 9.15. The molecule has 1 aliphatic heterocycles. The van der Waals surface area contributed by atoms with E-state index in [1.807, 2.05) is 0 Å². The maximum atomic E-state index is 5.42. The van der Waals surface area contributed by atoms with E-state index in [0.29, 0.717) is 0 Å². The molecule has 1 heterocycles. The van der Waals surface area contributed by atoms with E-state index in [1.54, 1.807) is 0 Å². The minimum absolute atomic E-state index is 0.142. The van der Waals surface area contributed by atoms with Crippen molar-refractivity contribution in [2.45, 2.75) is 31.6 Å². The second kappa shape index (κ2) is 12.2. The molecule has 262 valence electrons. The van der Waals surface area contributed by atoms with Crippen LogP contribution in [0.3, 0.4) is 0 Å². The summed E-state index contributed by atoms with van der Waals surface area (Å²) in [6.07, 6.45) is -0.403. The van der Waals surface area contributed by atoms with Crippen LogP contribution < -0.4 is 10.6 Å². The lowest BCUT2D eigenvalue weighted by molar-refractivity contribution is 0.409. The number of nitrogens with one attached hydrogen (secondary N) is 2. The third-order valence-corrected chi connectivity index (χ3v) is 12.1. The molecule has 0 spiro atoms. The number of rotatable bonds is 4. The van der Waals surface area contributed by atoms with Crippen LogP contribution in [0.15, 0.2) is 181 Å². The highest BCUT2D eigenvalue weighted by Crippen LogP contribution is 2.55. The molecule has 2 atom stereocenters. The molecule has 11 rings (SSSR count). The summed E-state index contributed by atoms with van der Waals surface area (Å²) in [4.78, 5) is 5.42. The Labute approximate surface area is 321 Å². The van der Waals surface area contributed by atoms with Crippen LogP contribution in [0.5, 0.6) is 0 Å². The van der Waals surface area contributed by atoms with Crippen molar-refractivity contribution in [2.24, 2.45) is 4.99 Å². The maximum absolute atomic E-state index is 5.42. The Morgan fingerprint density at radius 1 is 0.455 bits per heavy atom. The van der Waals surface area contributed by atoms with Crippen molar-refractivity contribution in [3.63, 3.8) is 0 Å². The summed E-state index contributed by atoms with van der Waals surface area (Å²) in [7, 11) is 0. The Morgan fingerprint density at radius 3 is 1.73 bits per heavy atom. The molecule has 2 aliphatic rings. The lowest BCUT2D eigenvalue weighted by Gasteiger charge is -2.33. The normalized spacial score (nSPS) is 17.2. The molecular formula is C52H39N3. The van der Waals surface area contributed by atoms with Gasteiger partial charge in [-0.25, -0.2) is 4.99 Å². The highest BCUT2D eigenvalue weighted by molar-refractivity contribution is 6.09. The predicted molar refractivity (Wildman–Crippen MR) is 231 cm³/mol. The van der Waals surface area contributed by atoms with Crippen molar-refractivity contribution in [1.82, 2.24) is 10.6 Å². The summed E-state index contributed by atoms with van der Waals surface area (Å²) in [5.41, 5.74) is 11.1. The van der Waals surface area contributed by atoms with Gasteiger partial charge in [0.15, 0.2) is 0 Å². The van der Waals surface area contributed by atoms with E-state index in [1.165, 1.54) is 82.0 Å². The van der Waals surface area contributed by atoms with Gasteiger partial charge in [0.25, 0.3) is 0 Å². The van der Waals surface area contributed by atoms with E-state index in [4.69, 9.17) is 4.99 Å². The van der Waals surface area contributed by atoms with Crippen molar-refractivity contribution in [2.75, 3.05) is 0 Å². The van der Waals surface area contributed by atoms with Gasteiger partial charge in [-0.05, 0) is 112 Å². The first-order valence-electron chi connectivity index (χ1n) is 19.3. The van der Waals surface area contributed by atoms with Crippen LogP contribution in [0, 0.1) is 0 Å². The van der Waals surface area contributed by atoms with E-state index in [2.05, 4.69) is 200 Å². The monoisotopic (exact) mass is 705 g/mol. The second-order valence-electron chi connectivity index (χ2n) is 15.7. The van der Waals surface area contributed by atoms with Crippen LogP contribution >= 0.6 is 0 Å². The van der Waals surface area contributed by atoms with Crippen LogP contribution in [0.2, 0.25) is 0 Å². The second-order valence-corrected chi connectivity index (χ2v) is 15.7. The summed E-state index contributed by atoms with van der Waals surface area (Å²) >= 11 is 0. The van der Waals surface area contributed by atoms with E-state index >= 15 is 0 Å². The summed E-state index contributed by atoms with van der Waals surface area (Å²) in [6.45, 7) is 4.77. The number of amidine groups is 1. The van der Waals surface area contributed by atoms with Crippen LogP contribution in [-0.4, -0.2) is 5.84 Å². The quantitative estimate of drug-likeness (QED) is 0.191. The topological polar surface area (TPSA) is 36.4 Å². The molecule has 0 saturated heterocycles. The lowest BCUT2D eigenvalue weighted by Crippen LogP contribution is -2.45. The number of nitrogens with zero attached hydrogens (tertiary/aromatic N) is 1. The number of fused-ring (bicyclic) bond motifs is 7. The zero-order valence-corrected chi connectivity index (χ0v) is 30.8. The minimum Gasteiger partial charge on any atom is -0.350 e. The average molecular weight is 706 g/mol. The molecule has 0 radical (unpaired) electrons. The molecule has 0 saturated carbocycles. The zero-order chi connectivity index (χ0) is 36.7. The van der Waals surface area contributed by atoms with Crippen LogP contribution in [0.4, 0.5) is 0 Å². The van der Waals surface area contributed by atoms with Crippen molar-refractivity contribution < 1.29 is 0 Å². The van der Waals surface area contributed by atoms with E-state index in [0.717, 1.165) is 17.0 Å². The highest BCUT2D eigenvalue weighted by atomic mass is 15.3. The average Bonchev–Trinajstić information content (AvgIpc) is 3.46. The molecule has 3 heteroatoms. The molecule has 0 fully saturated rings. The van der Waals surface area contributed by atoms with Gasteiger partial charge < -0.3 is 5.32 Å². The maximum Gasteiger partial charge on any atom is 0.131 e. The number of aliphatic imine (C=N–C) groups is 1. The third-order valence-electron chi connectivity index (χ3n) is 12.1. The van der Waals surface area contributed by atoms with Gasteiger partial charge in [-0.1, -0.05) is 166 Å². The molecule has 2 N–H and O–H groups in total. The van der Waals surface area contributed by atoms with Crippen LogP contribution in [0.1, 0.15) is 54.0 Å². The molecule has 9 aromatic rings. The minimum atomic E-state index is -0.261. The Morgan fingerprint density at radius 2 is 1.02 bits per heavy atom. The van der Waals surface area contributed by atoms with Crippen molar-refractivity contribution in [3.8, 4) is 22.3 Å². The fraction of sp³-hybridized carbons (Fsp3) is 0.0962. The van der Waals surface area contributed by atoms with Crippen molar-refractivity contribution in [1.29, 1.82) is 0 Å². The van der Waals surface area contributed by atoms with Gasteiger partial charge >= 0.3 is 0 Å². The summed E-state index contributed by atoms with van der Waals surface area (Å²) in [5.74, 6) is 0.889. The summed E-state index contributed by atoms with van der Waals surface area (Å²) < 4.78 is 0.